The predicted molar refractivity (Wildman–Crippen MR) is 84.3 cm³/mol. The summed E-state index contributed by atoms with van der Waals surface area (Å²) in [5, 5.41) is 20.1. The summed E-state index contributed by atoms with van der Waals surface area (Å²) >= 11 is 0. The smallest absolute Gasteiger partial charge is 0.311 e. The molecule has 116 valence electrons. The fourth-order valence-corrected chi connectivity index (χ4v) is 2.58. The predicted octanol–water partition coefficient (Wildman–Crippen LogP) is 1.58. The average molecular weight is 310 g/mol. The SMILES string of the molecule is N#Cc1ccnc(N2CCN(c3ncccc3[N+](=O)[O-])CC2)c1. The van der Waals surface area contributed by atoms with Gasteiger partial charge in [-0.3, -0.25) is 10.1 Å². The molecular weight excluding hydrogens is 296 g/mol. The highest BCUT2D eigenvalue weighted by Gasteiger charge is 2.25. The molecule has 8 heteroatoms. The number of hydrogen-bond acceptors (Lipinski definition) is 7. The molecule has 3 rings (SSSR count). The summed E-state index contributed by atoms with van der Waals surface area (Å²) in [4.78, 5) is 23.1. The fourth-order valence-electron chi connectivity index (χ4n) is 2.58. The van der Waals surface area contributed by atoms with Gasteiger partial charge in [-0.1, -0.05) is 0 Å². The molecule has 1 aliphatic rings. The molecule has 0 radical (unpaired) electrons. The van der Waals surface area contributed by atoms with Crippen LogP contribution in [0.5, 0.6) is 0 Å². The number of aromatic nitrogens is 2. The minimum atomic E-state index is -0.410. The van der Waals surface area contributed by atoms with Crippen molar-refractivity contribution in [3.05, 3.63) is 52.3 Å². The maximum atomic E-state index is 11.1. The van der Waals surface area contributed by atoms with Gasteiger partial charge < -0.3 is 9.80 Å². The summed E-state index contributed by atoms with van der Waals surface area (Å²) in [6.07, 6.45) is 3.18. The number of nitriles is 1. The summed E-state index contributed by atoms with van der Waals surface area (Å²) in [6, 6.07) is 8.54. The first kappa shape index (κ1) is 14.7. The lowest BCUT2D eigenvalue weighted by atomic mass is 10.2. The summed E-state index contributed by atoms with van der Waals surface area (Å²) in [5.74, 6) is 1.15. The number of piperazine rings is 1. The molecule has 1 aliphatic heterocycles. The van der Waals surface area contributed by atoms with E-state index in [1.807, 2.05) is 4.90 Å². The number of nitrogens with zero attached hydrogens (tertiary/aromatic N) is 6. The van der Waals surface area contributed by atoms with E-state index in [0.717, 1.165) is 5.82 Å². The van der Waals surface area contributed by atoms with Crippen molar-refractivity contribution in [1.29, 1.82) is 5.26 Å². The van der Waals surface area contributed by atoms with Gasteiger partial charge in [0.15, 0.2) is 0 Å². The van der Waals surface area contributed by atoms with Gasteiger partial charge in [-0.25, -0.2) is 9.97 Å². The van der Waals surface area contributed by atoms with Crippen LogP contribution in [-0.4, -0.2) is 41.1 Å². The molecule has 2 aromatic rings. The fraction of sp³-hybridized carbons (Fsp3) is 0.267. The van der Waals surface area contributed by atoms with Crippen molar-refractivity contribution in [1.82, 2.24) is 9.97 Å². The number of nitro groups is 1. The normalized spacial score (nSPS) is 14.4. The first-order valence-corrected chi connectivity index (χ1v) is 7.14. The van der Waals surface area contributed by atoms with E-state index in [0.29, 0.717) is 37.6 Å². The lowest BCUT2D eigenvalue weighted by Crippen LogP contribution is -2.47. The van der Waals surface area contributed by atoms with Gasteiger partial charge in [0.2, 0.25) is 5.82 Å². The summed E-state index contributed by atoms with van der Waals surface area (Å²) in [5.41, 5.74) is 0.586. The van der Waals surface area contributed by atoms with Gasteiger partial charge in [-0.05, 0) is 18.2 Å². The van der Waals surface area contributed by atoms with Crippen LogP contribution in [0.15, 0.2) is 36.7 Å². The van der Waals surface area contributed by atoms with E-state index in [-0.39, 0.29) is 5.69 Å². The molecule has 0 aliphatic carbocycles. The monoisotopic (exact) mass is 310 g/mol. The van der Waals surface area contributed by atoms with E-state index in [4.69, 9.17) is 5.26 Å². The third-order valence-corrected chi connectivity index (χ3v) is 3.74. The molecule has 0 spiro atoms. The highest BCUT2D eigenvalue weighted by molar-refractivity contribution is 5.58. The van der Waals surface area contributed by atoms with Crippen LogP contribution >= 0.6 is 0 Å². The molecule has 0 saturated carbocycles. The zero-order valence-corrected chi connectivity index (χ0v) is 12.3. The molecule has 0 N–H and O–H groups in total. The van der Waals surface area contributed by atoms with Crippen LogP contribution < -0.4 is 9.80 Å². The lowest BCUT2D eigenvalue weighted by Gasteiger charge is -2.35. The van der Waals surface area contributed by atoms with Gasteiger partial charge in [-0.2, -0.15) is 5.26 Å². The Morgan fingerprint density at radius 1 is 1.13 bits per heavy atom. The van der Waals surface area contributed by atoms with Crippen molar-refractivity contribution >= 4 is 17.3 Å². The second-order valence-electron chi connectivity index (χ2n) is 5.09. The zero-order chi connectivity index (χ0) is 16.2. The Kier molecular flexibility index (Phi) is 4.01. The minimum Gasteiger partial charge on any atom is -0.353 e. The second-order valence-corrected chi connectivity index (χ2v) is 5.09. The molecule has 1 fully saturated rings. The Bertz CT molecular complexity index is 765. The molecule has 0 atom stereocenters. The summed E-state index contributed by atoms with van der Waals surface area (Å²) in [6.45, 7) is 2.54. The quantitative estimate of drug-likeness (QED) is 0.627. The van der Waals surface area contributed by atoms with Crippen LogP contribution in [0.3, 0.4) is 0 Å². The maximum Gasteiger partial charge on any atom is 0.311 e. The third-order valence-electron chi connectivity index (χ3n) is 3.74. The van der Waals surface area contributed by atoms with Gasteiger partial charge in [0.1, 0.15) is 5.82 Å². The van der Waals surface area contributed by atoms with Crippen molar-refractivity contribution in [2.75, 3.05) is 36.0 Å². The van der Waals surface area contributed by atoms with Crippen LogP contribution in [0.1, 0.15) is 5.56 Å². The zero-order valence-electron chi connectivity index (χ0n) is 12.3. The molecule has 2 aromatic heterocycles. The highest BCUT2D eigenvalue weighted by Crippen LogP contribution is 2.26. The molecule has 1 saturated heterocycles. The number of anilines is 2. The molecule has 8 nitrogen and oxygen atoms in total. The van der Waals surface area contributed by atoms with E-state index >= 15 is 0 Å². The van der Waals surface area contributed by atoms with Crippen molar-refractivity contribution in [3.63, 3.8) is 0 Å². The van der Waals surface area contributed by atoms with Crippen LogP contribution in [0.4, 0.5) is 17.3 Å². The molecule has 0 bridgehead atoms. The Hall–Kier alpha value is -3.21. The Morgan fingerprint density at radius 2 is 1.87 bits per heavy atom. The Balaban J connectivity index is 1.74. The number of hydrogen-bond donors (Lipinski definition) is 0. The van der Waals surface area contributed by atoms with E-state index in [1.165, 1.54) is 6.07 Å². The van der Waals surface area contributed by atoms with Crippen molar-refractivity contribution in [3.8, 4) is 6.07 Å². The number of pyridine rings is 2. The minimum absolute atomic E-state index is 0.0190. The van der Waals surface area contributed by atoms with Gasteiger partial charge in [0.25, 0.3) is 0 Å². The first-order chi connectivity index (χ1) is 11.2. The van der Waals surface area contributed by atoms with E-state index in [2.05, 4.69) is 20.9 Å². The lowest BCUT2D eigenvalue weighted by molar-refractivity contribution is -0.384. The molecule has 0 unspecified atom stereocenters. The van der Waals surface area contributed by atoms with Crippen molar-refractivity contribution < 1.29 is 4.92 Å². The van der Waals surface area contributed by atoms with Crippen LogP contribution in [-0.2, 0) is 0 Å². The van der Waals surface area contributed by atoms with Crippen LogP contribution in [0.2, 0.25) is 0 Å². The third kappa shape index (κ3) is 3.03. The molecule has 3 heterocycles. The number of rotatable bonds is 3. The second kappa shape index (κ2) is 6.27. The topological polar surface area (TPSA) is 99.2 Å². The Labute approximate surface area is 132 Å². The van der Waals surface area contributed by atoms with Crippen LogP contribution in [0.25, 0.3) is 0 Å². The van der Waals surface area contributed by atoms with E-state index < -0.39 is 4.92 Å². The van der Waals surface area contributed by atoms with Crippen molar-refractivity contribution in [2.45, 2.75) is 0 Å². The summed E-state index contributed by atoms with van der Waals surface area (Å²) < 4.78 is 0. The standard InChI is InChI=1S/C15H14N6O2/c16-11-12-3-5-17-14(10-12)19-6-8-20(9-7-19)15-13(21(22)23)2-1-4-18-15/h1-5,10H,6-9H2. The van der Waals surface area contributed by atoms with E-state index in [9.17, 15) is 10.1 Å². The first-order valence-electron chi connectivity index (χ1n) is 7.14. The van der Waals surface area contributed by atoms with Crippen LogP contribution in [0, 0.1) is 21.4 Å². The van der Waals surface area contributed by atoms with Crippen molar-refractivity contribution in [2.24, 2.45) is 0 Å². The maximum absolute atomic E-state index is 11.1. The average Bonchev–Trinajstić information content (AvgIpc) is 2.62. The Morgan fingerprint density at radius 3 is 2.57 bits per heavy atom. The van der Waals surface area contributed by atoms with Gasteiger partial charge in [0.05, 0.1) is 16.6 Å². The van der Waals surface area contributed by atoms with Gasteiger partial charge in [-0.15, -0.1) is 0 Å². The molecule has 0 amide bonds. The molecule has 23 heavy (non-hydrogen) atoms. The van der Waals surface area contributed by atoms with E-state index in [1.54, 1.807) is 30.6 Å². The molecular formula is C15H14N6O2. The van der Waals surface area contributed by atoms with Gasteiger partial charge >= 0.3 is 5.69 Å². The summed E-state index contributed by atoms with van der Waals surface area (Å²) in [7, 11) is 0. The molecule has 0 aromatic carbocycles. The highest BCUT2D eigenvalue weighted by atomic mass is 16.6. The van der Waals surface area contributed by atoms with Gasteiger partial charge in [0, 0.05) is 44.6 Å². The largest absolute Gasteiger partial charge is 0.353 e.